The van der Waals surface area contributed by atoms with Gasteiger partial charge in [0.2, 0.25) is 5.91 Å². The number of likely N-dealkylation sites (tertiary alicyclic amines) is 2. The van der Waals surface area contributed by atoms with Gasteiger partial charge in [-0.25, -0.2) is 0 Å². The highest BCUT2D eigenvalue weighted by molar-refractivity contribution is 5.80. The first-order valence-corrected chi connectivity index (χ1v) is 9.49. The number of aliphatic imine (C=N–C) groups is 1. The molecule has 2 fully saturated rings. The topological polar surface area (TPSA) is 74.0 Å². The molecule has 0 bridgehead atoms. The van der Waals surface area contributed by atoms with Crippen LogP contribution in [0.1, 0.15) is 46.0 Å². The number of amides is 1. The molecule has 0 aromatic rings. The highest BCUT2D eigenvalue weighted by Crippen LogP contribution is 2.20. The Morgan fingerprint density at radius 3 is 2.54 bits per heavy atom. The number of piperidine rings is 1. The van der Waals surface area contributed by atoms with Gasteiger partial charge in [0.1, 0.15) is 0 Å². The van der Waals surface area contributed by atoms with Crippen molar-refractivity contribution in [3.05, 3.63) is 0 Å². The van der Waals surface area contributed by atoms with E-state index >= 15 is 0 Å². The molecule has 2 unspecified atom stereocenters. The maximum atomic E-state index is 11.2. The lowest BCUT2D eigenvalue weighted by Gasteiger charge is -2.36. The van der Waals surface area contributed by atoms with E-state index in [0.717, 1.165) is 38.4 Å². The summed E-state index contributed by atoms with van der Waals surface area (Å²) in [4.78, 5) is 20.6. The molecule has 2 rings (SSSR count). The van der Waals surface area contributed by atoms with E-state index in [0.29, 0.717) is 24.3 Å². The molecule has 2 aliphatic heterocycles. The monoisotopic (exact) mass is 337 g/mol. The quantitative estimate of drug-likeness (QED) is 0.565. The Hall–Kier alpha value is -1.30. The van der Waals surface area contributed by atoms with Crippen molar-refractivity contribution in [1.29, 1.82) is 0 Å². The summed E-state index contributed by atoms with van der Waals surface area (Å²) in [5.74, 6) is 1.75. The summed E-state index contributed by atoms with van der Waals surface area (Å²) >= 11 is 0. The molecule has 3 N–H and O–H groups in total. The zero-order chi connectivity index (χ0) is 17.5. The first-order valence-electron chi connectivity index (χ1n) is 9.49. The first-order chi connectivity index (χ1) is 11.5. The fourth-order valence-electron chi connectivity index (χ4n) is 4.10. The van der Waals surface area contributed by atoms with E-state index in [4.69, 9.17) is 5.73 Å². The third kappa shape index (κ3) is 5.36. The minimum atomic E-state index is -0.196. The van der Waals surface area contributed by atoms with Crippen molar-refractivity contribution in [2.75, 3.05) is 39.8 Å². The SMILES string of the molecule is CN=C(NCC(C(C)C)N1CCCC1)N1CCCC(CC(N)=O)C1. The summed E-state index contributed by atoms with van der Waals surface area (Å²) in [5.41, 5.74) is 5.37. The first kappa shape index (κ1) is 19.0. The molecule has 6 nitrogen and oxygen atoms in total. The normalized spacial score (nSPS) is 24.4. The van der Waals surface area contributed by atoms with Crippen LogP contribution in [0.15, 0.2) is 4.99 Å². The second kappa shape index (κ2) is 9.25. The molecule has 2 saturated heterocycles. The summed E-state index contributed by atoms with van der Waals surface area (Å²) in [6.07, 6.45) is 5.30. The Morgan fingerprint density at radius 2 is 1.96 bits per heavy atom. The van der Waals surface area contributed by atoms with E-state index in [1.54, 1.807) is 0 Å². The molecule has 138 valence electrons. The third-order valence-electron chi connectivity index (χ3n) is 5.37. The number of carbonyl (C=O) groups excluding carboxylic acids is 1. The largest absolute Gasteiger partial charge is 0.370 e. The molecule has 6 heteroatoms. The van der Waals surface area contributed by atoms with Gasteiger partial charge in [-0.3, -0.25) is 14.7 Å². The molecule has 0 aliphatic carbocycles. The number of carbonyl (C=O) groups is 1. The summed E-state index contributed by atoms with van der Waals surface area (Å²) < 4.78 is 0. The molecule has 0 spiro atoms. The van der Waals surface area contributed by atoms with Crippen LogP contribution in [0.5, 0.6) is 0 Å². The average molecular weight is 338 g/mol. The van der Waals surface area contributed by atoms with Gasteiger partial charge in [-0.15, -0.1) is 0 Å². The van der Waals surface area contributed by atoms with Crippen LogP contribution in [0, 0.1) is 11.8 Å². The molecule has 2 heterocycles. The zero-order valence-electron chi connectivity index (χ0n) is 15.6. The minimum absolute atomic E-state index is 0.196. The van der Waals surface area contributed by atoms with E-state index in [9.17, 15) is 4.79 Å². The highest BCUT2D eigenvalue weighted by Gasteiger charge is 2.27. The Bertz CT molecular complexity index is 431. The predicted octanol–water partition coefficient (Wildman–Crippen LogP) is 1.27. The zero-order valence-corrected chi connectivity index (χ0v) is 15.6. The van der Waals surface area contributed by atoms with Crippen LogP contribution in [0.25, 0.3) is 0 Å². The van der Waals surface area contributed by atoms with E-state index in [2.05, 4.69) is 34.0 Å². The summed E-state index contributed by atoms with van der Waals surface area (Å²) in [6, 6.07) is 0.551. The minimum Gasteiger partial charge on any atom is -0.370 e. The molecule has 2 aliphatic rings. The number of hydrogen-bond acceptors (Lipinski definition) is 3. The van der Waals surface area contributed by atoms with Crippen molar-refractivity contribution >= 4 is 11.9 Å². The number of nitrogens with zero attached hydrogens (tertiary/aromatic N) is 3. The summed E-state index contributed by atoms with van der Waals surface area (Å²) in [6.45, 7) is 9.85. The van der Waals surface area contributed by atoms with Crippen LogP contribution >= 0.6 is 0 Å². The number of primary amides is 1. The van der Waals surface area contributed by atoms with Crippen LogP contribution in [-0.4, -0.2) is 67.5 Å². The van der Waals surface area contributed by atoms with Gasteiger partial charge < -0.3 is 16.0 Å². The van der Waals surface area contributed by atoms with Crippen molar-refractivity contribution in [2.24, 2.45) is 22.6 Å². The van der Waals surface area contributed by atoms with Crippen molar-refractivity contribution in [2.45, 2.75) is 52.0 Å². The molecule has 0 aromatic carbocycles. The number of hydrogen-bond donors (Lipinski definition) is 2. The summed E-state index contributed by atoms with van der Waals surface area (Å²) in [5, 5.41) is 3.59. The lowest BCUT2D eigenvalue weighted by molar-refractivity contribution is -0.119. The van der Waals surface area contributed by atoms with Crippen LogP contribution in [0.3, 0.4) is 0 Å². The molecule has 1 amide bonds. The van der Waals surface area contributed by atoms with E-state index in [-0.39, 0.29) is 5.91 Å². The van der Waals surface area contributed by atoms with Crippen LogP contribution < -0.4 is 11.1 Å². The lowest BCUT2D eigenvalue weighted by Crippen LogP contribution is -2.52. The third-order valence-corrected chi connectivity index (χ3v) is 5.37. The van der Waals surface area contributed by atoms with E-state index in [1.165, 1.54) is 25.9 Å². The molecular formula is C18H35N5O. The number of rotatable bonds is 6. The van der Waals surface area contributed by atoms with Gasteiger partial charge in [-0.1, -0.05) is 13.8 Å². The smallest absolute Gasteiger partial charge is 0.217 e. The Labute approximate surface area is 146 Å². The van der Waals surface area contributed by atoms with Gasteiger partial charge >= 0.3 is 0 Å². The lowest BCUT2D eigenvalue weighted by atomic mass is 9.95. The van der Waals surface area contributed by atoms with E-state index in [1.807, 2.05) is 7.05 Å². The van der Waals surface area contributed by atoms with Crippen LogP contribution in [0.4, 0.5) is 0 Å². The Morgan fingerprint density at radius 1 is 1.25 bits per heavy atom. The van der Waals surface area contributed by atoms with Gasteiger partial charge in [0.15, 0.2) is 5.96 Å². The fraction of sp³-hybridized carbons (Fsp3) is 0.889. The van der Waals surface area contributed by atoms with Crippen molar-refractivity contribution in [3.8, 4) is 0 Å². The van der Waals surface area contributed by atoms with E-state index < -0.39 is 0 Å². The van der Waals surface area contributed by atoms with Gasteiger partial charge in [0.25, 0.3) is 0 Å². The maximum Gasteiger partial charge on any atom is 0.217 e. The predicted molar refractivity (Wildman–Crippen MR) is 98.9 cm³/mol. The van der Waals surface area contributed by atoms with Crippen molar-refractivity contribution < 1.29 is 4.79 Å². The average Bonchev–Trinajstić information content (AvgIpc) is 3.05. The van der Waals surface area contributed by atoms with Crippen LogP contribution in [-0.2, 0) is 4.79 Å². The maximum absolute atomic E-state index is 11.2. The molecule has 2 atom stereocenters. The van der Waals surface area contributed by atoms with Crippen molar-refractivity contribution in [3.63, 3.8) is 0 Å². The molecular weight excluding hydrogens is 302 g/mol. The molecule has 0 radical (unpaired) electrons. The van der Waals surface area contributed by atoms with Gasteiger partial charge in [0, 0.05) is 39.1 Å². The second-order valence-corrected chi connectivity index (χ2v) is 7.61. The van der Waals surface area contributed by atoms with Crippen LogP contribution in [0.2, 0.25) is 0 Å². The number of guanidine groups is 1. The molecule has 0 saturated carbocycles. The summed E-state index contributed by atoms with van der Waals surface area (Å²) in [7, 11) is 1.85. The standard InChI is InChI=1S/C18H35N5O/c1-14(2)16(22-8-4-5-9-22)12-21-18(20-3)23-10-6-7-15(13-23)11-17(19)24/h14-16H,4-13H2,1-3H3,(H2,19,24)(H,20,21). The van der Waals surface area contributed by atoms with Gasteiger partial charge in [0.05, 0.1) is 0 Å². The Balaban J connectivity index is 1.89. The molecule has 0 aromatic heterocycles. The Kier molecular flexibility index (Phi) is 7.34. The second-order valence-electron chi connectivity index (χ2n) is 7.61. The van der Waals surface area contributed by atoms with Gasteiger partial charge in [-0.2, -0.15) is 0 Å². The van der Waals surface area contributed by atoms with Crippen molar-refractivity contribution in [1.82, 2.24) is 15.1 Å². The molecule has 24 heavy (non-hydrogen) atoms. The highest BCUT2D eigenvalue weighted by atomic mass is 16.1. The number of nitrogens with two attached hydrogens (primary N) is 1. The number of nitrogens with one attached hydrogen (secondary N) is 1. The fourth-order valence-corrected chi connectivity index (χ4v) is 4.10. The van der Waals surface area contributed by atoms with Gasteiger partial charge in [-0.05, 0) is 50.6 Å².